The van der Waals surface area contributed by atoms with Crippen LogP contribution in [0.3, 0.4) is 0 Å². The number of nitrogens with zero attached hydrogens (tertiary/aromatic N) is 1. The summed E-state index contributed by atoms with van der Waals surface area (Å²) in [5, 5.41) is 9.41. The summed E-state index contributed by atoms with van der Waals surface area (Å²) in [6.45, 7) is 3.19. The minimum atomic E-state index is 0.902. The van der Waals surface area contributed by atoms with Gasteiger partial charge >= 0.3 is 7.62 Å². The van der Waals surface area contributed by atoms with Crippen molar-refractivity contribution in [3.8, 4) is 0 Å². The van der Waals surface area contributed by atoms with Crippen molar-refractivity contribution < 1.29 is 5.02 Å². The van der Waals surface area contributed by atoms with Crippen LogP contribution in [0.25, 0.3) is 0 Å². The zero-order chi connectivity index (χ0) is 19.4. The lowest BCUT2D eigenvalue weighted by Gasteiger charge is -2.21. The molecule has 0 saturated carbocycles. The zero-order valence-electron chi connectivity index (χ0n) is 17.9. The molecule has 0 fully saturated rings. The first-order valence-corrected chi connectivity index (χ1v) is 11.7. The molecular formula is C24H43BNO. The molecule has 1 radical (unpaired) electrons. The van der Waals surface area contributed by atoms with Gasteiger partial charge in [0, 0.05) is 12.2 Å². The molecule has 1 N–H and O–H groups in total. The second kappa shape index (κ2) is 18.4. The van der Waals surface area contributed by atoms with E-state index in [0.29, 0.717) is 0 Å². The molecule has 0 saturated heterocycles. The van der Waals surface area contributed by atoms with Crippen molar-refractivity contribution in [1.82, 2.24) is 0 Å². The Kier molecular flexibility index (Phi) is 16.4. The molecule has 0 amide bonds. The average molecular weight is 372 g/mol. The highest BCUT2D eigenvalue weighted by Gasteiger charge is 2.05. The summed E-state index contributed by atoms with van der Waals surface area (Å²) in [6.07, 6.45) is 22.2. The molecule has 3 heteroatoms. The van der Waals surface area contributed by atoms with Gasteiger partial charge in [-0.15, -0.1) is 0 Å². The van der Waals surface area contributed by atoms with Crippen LogP contribution in [0.2, 0.25) is 0 Å². The maximum Gasteiger partial charge on any atom is 0.436 e. The number of hydrogen-bond acceptors (Lipinski definition) is 2. The van der Waals surface area contributed by atoms with Crippen molar-refractivity contribution in [3.05, 3.63) is 30.3 Å². The van der Waals surface area contributed by atoms with Gasteiger partial charge in [-0.3, -0.25) is 0 Å². The molecule has 0 heterocycles. The molecule has 0 unspecified atom stereocenters. The molecule has 0 atom stereocenters. The van der Waals surface area contributed by atoms with E-state index in [0.717, 1.165) is 18.7 Å². The van der Waals surface area contributed by atoms with E-state index in [2.05, 4.69) is 6.92 Å². The SMILES string of the molecule is CCCCCCCCCCCCCCCCCCN([B]O)c1ccccc1. The largest absolute Gasteiger partial charge is 0.436 e. The molecule has 0 bridgehead atoms. The lowest BCUT2D eigenvalue weighted by molar-refractivity contribution is 0.529. The Morgan fingerprint density at radius 3 is 1.44 bits per heavy atom. The van der Waals surface area contributed by atoms with Gasteiger partial charge in [0.2, 0.25) is 0 Å². The van der Waals surface area contributed by atoms with Crippen LogP contribution in [-0.2, 0) is 0 Å². The molecule has 0 aliphatic rings. The van der Waals surface area contributed by atoms with Gasteiger partial charge in [0.1, 0.15) is 0 Å². The van der Waals surface area contributed by atoms with E-state index < -0.39 is 0 Å². The Labute approximate surface area is 170 Å². The van der Waals surface area contributed by atoms with Crippen LogP contribution in [0, 0.1) is 0 Å². The lowest BCUT2D eigenvalue weighted by Crippen LogP contribution is -2.28. The second-order valence-electron chi connectivity index (χ2n) is 7.95. The molecule has 2 nitrogen and oxygen atoms in total. The monoisotopic (exact) mass is 372 g/mol. The number of unbranched alkanes of at least 4 members (excludes halogenated alkanes) is 15. The number of hydrogen-bond donors (Lipinski definition) is 1. The Morgan fingerprint density at radius 1 is 0.630 bits per heavy atom. The van der Waals surface area contributed by atoms with Gasteiger partial charge in [0.05, 0.1) is 0 Å². The minimum Gasteiger partial charge on any atom is -0.435 e. The highest BCUT2D eigenvalue weighted by atomic mass is 16.2. The summed E-state index contributed by atoms with van der Waals surface area (Å²) in [5.74, 6) is 0. The van der Waals surface area contributed by atoms with E-state index in [-0.39, 0.29) is 0 Å². The highest BCUT2D eigenvalue weighted by molar-refractivity contribution is 6.32. The van der Waals surface area contributed by atoms with Crippen molar-refractivity contribution in [3.63, 3.8) is 0 Å². The Balaban J connectivity index is 1.81. The molecule has 0 aliphatic carbocycles. The molecule has 0 spiro atoms. The van der Waals surface area contributed by atoms with Crippen LogP contribution in [0.5, 0.6) is 0 Å². The number of anilines is 1. The van der Waals surface area contributed by atoms with E-state index in [4.69, 9.17) is 0 Å². The number of para-hydroxylation sites is 1. The quantitative estimate of drug-likeness (QED) is 0.204. The summed E-state index contributed by atoms with van der Waals surface area (Å²) in [4.78, 5) is 1.93. The third-order valence-corrected chi connectivity index (χ3v) is 5.48. The van der Waals surface area contributed by atoms with Crippen molar-refractivity contribution in [2.45, 2.75) is 110 Å². The van der Waals surface area contributed by atoms with Gasteiger partial charge in [0.25, 0.3) is 0 Å². The summed E-state index contributed by atoms with van der Waals surface area (Å²) in [5.41, 5.74) is 1.07. The smallest absolute Gasteiger partial charge is 0.435 e. The first kappa shape index (κ1) is 24.1. The summed E-state index contributed by atoms with van der Waals surface area (Å²) >= 11 is 0. The zero-order valence-corrected chi connectivity index (χ0v) is 17.9. The van der Waals surface area contributed by atoms with Gasteiger partial charge < -0.3 is 9.83 Å². The van der Waals surface area contributed by atoms with Crippen molar-refractivity contribution in [2.75, 3.05) is 11.4 Å². The molecule has 1 aromatic carbocycles. The molecular weight excluding hydrogens is 329 g/mol. The fourth-order valence-corrected chi connectivity index (χ4v) is 3.70. The van der Waals surface area contributed by atoms with Gasteiger partial charge in [0.15, 0.2) is 0 Å². The average Bonchev–Trinajstić information content (AvgIpc) is 2.71. The maximum atomic E-state index is 9.41. The van der Waals surface area contributed by atoms with Gasteiger partial charge in [-0.1, -0.05) is 121 Å². The molecule has 0 aliphatic heterocycles. The van der Waals surface area contributed by atoms with Crippen LogP contribution < -0.4 is 4.81 Å². The first-order chi connectivity index (χ1) is 13.4. The van der Waals surface area contributed by atoms with E-state index in [1.165, 1.54) is 104 Å². The van der Waals surface area contributed by atoms with Crippen molar-refractivity contribution in [2.24, 2.45) is 0 Å². The predicted octanol–water partition coefficient (Wildman–Crippen LogP) is 7.28. The normalized spacial score (nSPS) is 10.9. The van der Waals surface area contributed by atoms with Gasteiger partial charge in [-0.2, -0.15) is 0 Å². The van der Waals surface area contributed by atoms with Gasteiger partial charge in [-0.25, -0.2) is 0 Å². The van der Waals surface area contributed by atoms with Crippen LogP contribution in [0.15, 0.2) is 30.3 Å². The molecule has 153 valence electrons. The van der Waals surface area contributed by atoms with Crippen LogP contribution in [0.4, 0.5) is 5.69 Å². The highest BCUT2D eigenvalue weighted by Crippen LogP contribution is 2.15. The molecule has 1 aromatic rings. The number of benzene rings is 1. The fraction of sp³-hybridized carbons (Fsp3) is 0.750. The fourth-order valence-electron chi connectivity index (χ4n) is 3.70. The maximum absolute atomic E-state index is 9.41. The second-order valence-corrected chi connectivity index (χ2v) is 7.95. The van der Waals surface area contributed by atoms with E-state index in [1.54, 1.807) is 0 Å². The topological polar surface area (TPSA) is 23.5 Å². The summed E-state index contributed by atoms with van der Waals surface area (Å²) < 4.78 is 0. The standard InChI is InChI=1S/C24H43BNO/c1-2-3-4-5-6-7-8-9-10-11-12-13-14-15-16-20-23-26(25-27)24-21-18-17-19-22-24/h17-19,21-22,27H,2-16,20,23H2,1H3. The molecule has 27 heavy (non-hydrogen) atoms. The Morgan fingerprint density at radius 2 is 1.04 bits per heavy atom. The molecule has 0 aromatic heterocycles. The van der Waals surface area contributed by atoms with Crippen LogP contribution in [-0.4, -0.2) is 19.2 Å². The van der Waals surface area contributed by atoms with E-state index >= 15 is 0 Å². The van der Waals surface area contributed by atoms with Crippen LogP contribution >= 0.6 is 0 Å². The summed E-state index contributed by atoms with van der Waals surface area (Å²) in [6, 6.07) is 10.1. The lowest BCUT2D eigenvalue weighted by atomic mass is 10.0. The number of rotatable bonds is 19. The van der Waals surface area contributed by atoms with E-state index in [9.17, 15) is 5.02 Å². The third kappa shape index (κ3) is 13.8. The first-order valence-electron chi connectivity index (χ1n) is 11.7. The predicted molar refractivity (Wildman–Crippen MR) is 121 cm³/mol. The van der Waals surface area contributed by atoms with Crippen molar-refractivity contribution >= 4 is 13.3 Å². The summed E-state index contributed by atoms with van der Waals surface area (Å²) in [7, 11) is 1.21. The Hall–Kier alpha value is -0.955. The third-order valence-electron chi connectivity index (χ3n) is 5.48. The van der Waals surface area contributed by atoms with Crippen molar-refractivity contribution in [1.29, 1.82) is 0 Å². The Bertz CT molecular complexity index is 412. The van der Waals surface area contributed by atoms with Gasteiger partial charge in [-0.05, 0) is 18.6 Å². The molecule has 1 rings (SSSR count). The van der Waals surface area contributed by atoms with Crippen LogP contribution in [0.1, 0.15) is 110 Å². The van der Waals surface area contributed by atoms with E-state index in [1.807, 2.05) is 35.1 Å². The minimum absolute atomic E-state index is 0.902.